The predicted octanol–water partition coefficient (Wildman–Crippen LogP) is 2.94. The Morgan fingerprint density at radius 3 is 2.74 bits per heavy atom. The Morgan fingerprint density at radius 2 is 2.05 bits per heavy atom. The van der Waals surface area contributed by atoms with Crippen molar-refractivity contribution in [2.45, 2.75) is 39.3 Å². The molecule has 19 heavy (non-hydrogen) atoms. The number of aryl methyl sites for hydroxylation is 1. The highest BCUT2D eigenvalue weighted by Gasteiger charge is 2.20. The van der Waals surface area contributed by atoms with Gasteiger partial charge >= 0.3 is 0 Å². The second kappa shape index (κ2) is 6.12. The van der Waals surface area contributed by atoms with Crippen LogP contribution in [-0.4, -0.2) is 15.7 Å². The van der Waals surface area contributed by atoms with E-state index in [9.17, 15) is 0 Å². The van der Waals surface area contributed by atoms with Gasteiger partial charge in [0.1, 0.15) is 5.75 Å². The topological polar surface area (TPSA) is 61.0 Å². The van der Waals surface area contributed by atoms with E-state index in [0.29, 0.717) is 0 Å². The fourth-order valence-electron chi connectivity index (χ4n) is 1.94. The zero-order valence-electron chi connectivity index (χ0n) is 11.5. The standard InChI is InChI=1S/C14H19N3OS/c1-4-11-14(19-17-16-11)13(15)10-7-5-6-8-12(10)18-9(2)3/h5-9,13H,4,15H2,1-3H3. The molecule has 0 saturated heterocycles. The van der Waals surface area contributed by atoms with Crippen LogP contribution in [-0.2, 0) is 6.42 Å². The van der Waals surface area contributed by atoms with Gasteiger partial charge in [-0.2, -0.15) is 0 Å². The summed E-state index contributed by atoms with van der Waals surface area (Å²) in [4.78, 5) is 1.02. The van der Waals surface area contributed by atoms with Crippen molar-refractivity contribution in [3.63, 3.8) is 0 Å². The molecule has 2 rings (SSSR count). The van der Waals surface area contributed by atoms with Gasteiger partial charge in [-0.1, -0.05) is 29.6 Å². The quantitative estimate of drug-likeness (QED) is 0.912. The number of hydrogen-bond acceptors (Lipinski definition) is 5. The molecule has 0 saturated carbocycles. The first-order chi connectivity index (χ1) is 9.13. The van der Waals surface area contributed by atoms with Crippen LogP contribution < -0.4 is 10.5 Å². The summed E-state index contributed by atoms with van der Waals surface area (Å²) in [7, 11) is 0. The molecule has 0 aliphatic rings. The molecule has 102 valence electrons. The Kier molecular flexibility index (Phi) is 4.50. The van der Waals surface area contributed by atoms with Gasteiger partial charge in [0.15, 0.2) is 0 Å². The third-order valence-electron chi connectivity index (χ3n) is 2.82. The molecule has 2 aromatic rings. The summed E-state index contributed by atoms with van der Waals surface area (Å²) in [6, 6.07) is 7.66. The summed E-state index contributed by atoms with van der Waals surface area (Å²) in [5.41, 5.74) is 8.32. The summed E-state index contributed by atoms with van der Waals surface area (Å²) < 4.78 is 9.82. The van der Waals surface area contributed by atoms with Gasteiger partial charge < -0.3 is 10.5 Å². The lowest BCUT2D eigenvalue weighted by molar-refractivity contribution is 0.239. The number of aromatic nitrogens is 2. The fraction of sp³-hybridized carbons (Fsp3) is 0.429. The molecule has 0 fully saturated rings. The van der Waals surface area contributed by atoms with Crippen LogP contribution >= 0.6 is 11.5 Å². The van der Waals surface area contributed by atoms with E-state index >= 15 is 0 Å². The van der Waals surface area contributed by atoms with Crippen molar-refractivity contribution in [2.24, 2.45) is 5.73 Å². The highest BCUT2D eigenvalue weighted by atomic mass is 32.1. The van der Waals surface area contributed by atoms with Crippen molar-refractivity contribution in [3.8, 4) is 5.75 Å². The number of benzene rings is 1. The Labute approximate surface area is 117 Å². The number of nitrogens with two attached hydrogens (primary N) is 1. The third kappa shape index (κ3) is 3.11. The molecule has 1 aromatic heterocycles. The SMILES string of the molecule is CCc1nnsc1C(N)c1ccccc1OC(C)C. The van der Waals surface area contributed by atoms with Gasteiger partial charge in [0.2, 0.25) is 0 Å². The van der Waals surface area contributed by atoms with E-state index < -0.39 is 0 Å². The highest BCUT2D eigenvalue weighted by molar-refractivity contribution is 7.05. The van der Waals surface area contributed by atoms with Crippen molar-refractivity contribution < 1.29 is 4.74 Å². The summed E-state index contributed by atoms with van der Waals surface area (Å²) in [5.74, 6) is 0.834. The van der Waals surface area contributed by atoms with Gasteiger partial charge in [-0.3, -0.25) is 0 Å². The minimum Gasteiger partial charge on any atom is -0.491 e. The molecular weight excluding hydrogens is 258 g/mol. The number of rotatable bonds is 5. The fourth-order valence-corrected chi connectivity index (χ4v) is 2.70. The van der Waals surface area contributed by atoms with Gasteiger partial charge in [0.05, 0.1) is 22.7 Å². The molecule has 1 atom stereocenters. The average molecular weight is 277 g/mol. The second-order valence-electron chi connectivity index (χ2n) is 4.62. The van der Waals surface area contributed by atoms with Crippen molar-refractivity contribution in [2.75, 3.05) is 0 Å². The lowest BCUT2D eigenvalue weighted by atomic mass is 10.0. The molecule has 4 nitrogen and oxygen atoms in total. The van der Waals surface area contributed by atoms with Crippen molar-refractivity contribution in [3.05, 3.63) is 40.4 Å². The maximum absolute atomic E-state index is 6.36. The van der Waals surface area contributed by atoms with Crippen molar-refractivity contribution in [1.29, 1.82) is 0 Å². The molecule has 1 heterocycles. The zero-order chi connectivity index (χ0) is 13.8. The molecule has 0 aliphatic carbocycles. The van der Waals surface area contributed by atoms with Crippen LogP contribution in [0.2, 0.25) is 0 Å². The van der Waals surface area contributed by atoms with Crippen LogP contribution in [0.3, 0.4) is 0 Å². The lowest BCUT2D eigenvalue weighted by Crippen LogP contribution is -2.15. The van der Waals surface area contributed by atoms with Gasteiger partial charge in [-0.15, -0.1) is 5.10 Å². The minimum atomic E-state index is -0.232. The zero-order valence-corrected chi connectivity index (χ0v) is 12.3. The summed E-state index contributed by atoms with van der Waals surface area (Å²) in [6.45, 7) is 6.07. The molecule has 0 amide bonds. The summed E-state index contributed by atoms with van der Waals surface area (Å²) in [5, 5.41) is 4.12. The summed E-state index contributed by atoms with van der Waals surface area (Å²) >= 11 is 1.36. The van der Waals surface area contributed by atoms with Crippen molar-refractivity contribution in [1.82, 2.24) is 9.59 Å². The summed E-state index contributed by atoms with van der Waals surface area (Å²) in [6.07, 6.45) is 0.964. The smallest absolute Gasteiger partial charge is 0.124 e. The van der Waals surface area contributed by atoms with Crippen LogP contribution in [0, 0.1) is 0 Å². The molecular formula is C14H19N3OS. The number of hydrogen-bond donors (Lipinski definition) is 1. The van der Waals surface area contributed by atoms with Crippen LogP contribution in [0.25, 0.3) is 0 Å². The molecule has 0 radical (unpaired) electrons. The van der Waals surface area contributed by atoms with Gasteiger partial charge in [0.25, 0.3) is 0 Å². The first-order valence-corrected chi connectivity index (χ1v) is 7.23. The van der Waals surface area contributed by atoms with Crippen LogP contribution in [0.1, 0.15) is 42.9 Å². The molecule has 0 bridgehead atoms. The number of nitrogens with zero attached hydrogens (tertiary/aromatic N) is 2. The van der Waals surface area contributed by atoms with Crippen LogP contribution in [0.15, 0.2) is 24.3 Å². The Balaban J connectivity index is 2.36. The molecule has 0 aliphatic heterocycles. The molecule has 5 heteroatoms. The third-order valence-corrected chi connectivity index (χ3v) is 3.67. The van der Waals surface area contributed by atoms with Crippen LogP contribution in [0.4, 0.5) is 0 Å². The molecule has 1 aromatic carbocycles. The van der Waals surface area contributed by atoms with E-state index in [2.05, 4.69) is 16.5 Å². The van der Waals surface area contributed by atoms with E-state index in [1.54, 1.807) is 0 Å². The highest BCUT2D eigenvalue weighted by Crippen LogP contribution is 2.31. The first kappa shape index (κ1) is 14.0. The maximum atomic E-state index is 6.36. The average Bonchev–Trinajstić information content (AvgIpc) is 2.86. The Morgan fingerprint density at radius 1 is 1.32 bits per heavy atom. The molecule has 2 N–H and O–H groups in total. The van der Waals surface area contributed by atoms with E-state index in [1.807, 2.05) is 38.1 Å². The Hall–Kier alpha value is -1.46. The normalized spacial score (nSPS) is 12.7. The first-order valence-electron chi connectivity index (χ1n) is 6.45. The maximum Gasteiger partial charge on any atom is 0.124 e. The van der Waals surface area contributed by atoms with E-state index in [-0.39, 0.29) is 12.1 Å². The van der Waals surface area contributed by atoms with Gasteiger partial charge in [-0.25, -0.2) is 0 Å². The molecule has 1 unspecified atom stereocenters. The molecule has 0 spiro atoms. The van der Waals surface area contributed by atoms with E-state index in [0.717, 1.165) is 28.3 Å². The number of para-hydroxylation sites is 1. The van der Waals surface area contributed by atoms with E-state index in [1.165, 1.54) is 11.5 Å². The van der Waals surface area contributed by atoms with Crippen molar-refractivity contribution >= 4 is 11.5 Å². The lowest BCUT2D eigenvalue weighted by Gasteiger charge is -2.18. The minimum absolute atomic E-state index is 0.124. The van der Waals surface area contributed by atoms with E-state index in [4.69, 9.17) is 10.5 Å². The van der Waals surface area contributed by atoms with Crippen LogP contribution in [0.5, 0.6) is 5.75 Å². The number of ether oxygens (including phenoxy) is 1. The van der Waals surface area contributed by atoms with Gasteiger partial charge in [0, 0.05) is 5.56 Å². The predicted molar refractivity (Wildman–Crippen MR) is 77.5 cm³/mol. The monoisotopic (exact) mass is 277 g/mol. The largest absolute Gasteiger partial charge is 0.491 e. The van der Waals surface area contributed by atoms with Gasteiger partial charge in [-0.05, 0) is 37.9 Å². The second-order valence-corrected chi connectivity index (χ2v) is 5.41. The Bertz CT molecular complexity index is 539.